The summed E-state index contributed by atoms with van der Waals surface area (Å²) in [4.78, 5) is 16.4. The van der Waals surface area contributed by atoms with Gasteiger partial charge in [-0.25, -0.2) is 4.79 Å². The molecular weight excluding hydrogens is 298 g/mol. The Balaban J connectivity index is 2.34. The molecule has 1 heterocycles. The maximum atomic E-state index is 11.5. The summed E-state index contributed by atoms with van der Waals surface area (Å²) >= 11 is 0. The Morgan fingerprint density at radius 2 is 2.04 bits per heavy atom. The number of nitrogens with zero attached hydrogens (tertiary/aromatic N) is 3. The third kappa shape index (κ3) is 3.88. The summed E-state index contributed by atoms with van der Waals surface area (Å²) in [5.41, 5.74) is 1.60. The van der Waals surface area contributed by atoms with Crippen LogP contribution in [-0.4, -0.2) is 33.2 Å². The zero-order chi connectivity index (χ0) is 16.8. The van der Waals surface area contributed by atoms with Crippen LogP contribution < -0.4 is 4.74 Å². The maximum absolute atomic E-state index is 11.5. The molecule has 0 aliphatic rings. The van der Waals surface area contributed by atoms with Crippen LogP contribution in [0.4, 0.5) is 0 Å². The highest BCUT2D eigenvalue weighted by Gasteiger charge is 2.26. The fourth-order valence-electron chi connectivity index (χ4n) is 2.11. The molecule has 1 N–H and O–H groups in total. The van der Waals surface area contributed by atoms with Gasteiger partial charge in [0.05, 0.1) is 0 Å². The van der Waals surface area contributed by atoms with Crippen molar-refractivity contribution in [3.8, 4) is 5.75 Å². The summed E-state index contributed by atoms with van der Waals surface area (Å²) in [6.45, 7) is 4.06. The molecular formula is C16H19N3O4. The number of carbonyl (C=O) groups is 1. The summed E-state index contributed by atoms with van der Waals surface area (Å²) in [6.07, 6.45) is 0. The largest absolute Gasteiger partial charge is 0.485 e. The summed E-state index contributed by atoms with van der Waals surface area (Å²) in [7, 11) is 1.64. The van der Waals surface area contributed by atoms with E-state index in [0.717, 1.165) is 5.56 Å². The molecule has 0 unspecified atom stereocenters. The Bertz CT molecular complexity index is 708. The van der Waals surface area contributed by atoms with Gasteiger partial charge in [-0.1, -0.05) is 35.5 Å². The Morgan fingerprint density at radius 3 is 2.65 bits per heavy atom. The molecule has 1 aromatic heterocycles. The maximum Gasteiger partial charge on any atom is 0.360 e. The third-order valence-corrected chi connectivity index (χ3v) is 3.11. The molecule has 2 rings (SSSR count). The number of rotatable bonds is 7. The minimum absolute atomic E-state index is 0.238. The van der Waals surface area contributed by atoms with Crippen LogP contribution in [0.5, 0.6) is 5.75 Å². The Kier molecular flexibility index (Phi) is 5.35. The van der Waals surface area contributed by atoms with Crippen LogP contribution in [0.15, 0.2) is 35.5 Å². The van der Waals surface area contributed by atoms with Crippen molar-refractivity contribution in [2.45, 2.75) is 20.5 Å². The second-order valence-corrected chi connectivity index (χ2v) is 4.82. The van der Waals surface area contributed by atoms with E-state index < -0.39 is 5.97 Å². The number of hydrogen-bond acceptors (Lipinski definition) is 5. The van der Waals surface area contributed by atoms with Crippen LogP contribution in [-0.2, 0) is 23.3 Å². The van der Waals surface area contributed by atoms with Crippen molar-refractivity contribution in [1.82, 2.24) is 9.78 Å². The van der Waals surface area contributed by atoms with Gasteiger partial charge in [-0.3, -0.25) is 4.68 Å². The lowest BCUT2D eigenvalue weighted by Crippen LogP contribution is -2.20. The summed E-state index contributed by atoms with van der Waals surface area (Å²) in [5.74, 6) is -0.816. The van der Waals surface area contributed by atoms with Gasteiger partial charge in [-0.2, -0.15) is 5.10 Å². The molecule has 0 aliphatic heterocycles. The third-order valence-electron chi connectivity index (χ3n) is 3.11. The number of benzene rings is 1. The Labute approximate surface area is 134 Å². The van der Waals surface area contributed by atoms with Gasteiger partial charge in [0.2, 0.25) is 5.71 Å². The number of hydrogen-bond donors (Lipinski definition) is 1. The van der Waals surface area contributed by atoms with E-state index in [1.54, 1.807) is 20.9 Å². The zero-order valence-electron chi connectivity index (χ0n) is 13.3. The van der Waals surface area contributed by atoms with Crippen LogP contribution in [0, 0.1) is 6.92 Å². The van der Waals surface area contributed by atoms with Gasteiger partial charge in [-0.15, -0.1) is 0 Å². The first kappa shape index (κ1) is 16.5. The first-order valence-corrected chi connectivity index (χ1v) is 7.18. The number of aromatic nitrogens is 2. The van der Waals surface area contributed by atoms with Crippen LogP contribution in [0.3, 0.4) is 0 Å². The van der Waals surface area contributed by atoms with E-state index in [4.69, 9.17) is 9.57 Å². The van der Waals surface area contributed by atoms with Crippen LogP contribution in [0.25, 0.3) is 0 Å². The normalized spacial score (nSPS) is 11.3. The first-order valence-electron chi connectivity index (χ1n) is 7.18. The highest BCUT2D eigenvalue weighted by molar-refractivity contribution is 6.42. The number of carboxylic acid groups (broad SMARTS) is 1. The zero-order valence-corrected chi connectivity index (χ0v) is 13.3. The molecule has 0 spiro atoms. The van der Waals surface area contributed by atoms with E-state index in [1.807, 2.05) is 30.3 Å². The summed E-state index contributed by atoms with van der Waals surface area (Å²) in [5, 5.41) is 17.3. The van der Waals surface area contributed by atoms with E-state index in [0.29, 0.717) is 18.1 Å². The number of ether oxygens (including phenoxy) is 1. The number of carboxylic acids is 1. The SMILES string of the molecule is CCON=C(C(=O)O)c1c(OCc2ccccc2)c(C)nn1C. The summed E-state index contributed by atoms with van der Waals surface area (Å²) in [6, 6.07) is 9.60. The van der Waals surface area contributed by atoms with Gasteiger partial charge < -0.3 is 14.7 Å². The predicted octanol–water partition coefficient (Wildman–Crippen LogP) is 2.13. The van der Waals surface area contributed by atoms with Crippen molar-refractivity contribution in [2.24, 2.45) is 12.2 Å². The molecule has 23 heavy (non-hydrogen) atoms. The lowest BCUT2D eigenvalue weighted by Gasteiger charge is -2.09. The molecule has 122 valence electrons. The summed E-state index contributed by atoms with van der Waals surface area (Å²) < 4.78 is 7.24. The van der Waals surface area contributed by atoms with Gasteiger partial charge in [0.1, 0.15) is 24.6 Å². The van der Waals surface area contributed by atoms with E-state index in [2.05, 4.69) is 10.3 Å². The molecule has 0 atom stereocenters. The van der Waals surface area contributed by atoms with E-state index in [-0.39, 0.29) is 18.0 Å². The van der Waals surface area contributed by atoms with Gasteiger partial charge in [0, 0.05) is 7.05 Å². The number of aryl methyl sites for hydroxylation is 2. The second-order valence-electron chi connectivity index (χ2n) is 4.82. The lowest BCUT2D eigenvalue weighted by molar-refractivity contribution is -0.129. The molecule has 0 fully saturated rings. The monoisotopic (exact) mass is 317 g/mol. The van der Waals surface area contributed by atoms with Crippen molar-refractivity contribution in [3.63, 3.8) is 0 Å². The smallest absolute Gasteiger partial charge is 0.360 e. The first-order chi connectivity index (χ1) is 11.0. The Hall–Kier alpha value is -2.83. The van der Waals surface area contributed by atoms with E-state index in [9.17, 15) is 9.90 Å². The lowest BCUT2D eigenvalue weighted by atomic mass is 10.2. The van der Waals surface area contributed by atoms with Gasteiger partial charge in [-0.05, 0) is 19.4 Å². The van der Waals surface area contributed by atoms with Gasteiger partial charge in [0.25, 0.3) is 0 Å². The van der Waals surface area contributed by atoms with Crippen LogP contribution >= 0.6 is 0 Å². The highest BCUT2D eigenvalue weighted by Crippen LogP contribution is 2.25. The fraction of sp³-hybridized carbons (Fsp3) is 0.312. The molecule has 0 saturated heterocycles. The van der Waals surface area contributed by atoms with Gasteiger partial charge >= 0.3 is 5.97 Å². The average molecular weight is 317 g/mol. The average Bonchev–Trinajstić information content (AvgIpc) is 2.80. The molecule has 2 aromatic rings. The molecule has 0 amide bonds. The molecule has 1 aromatic carbocycles. The molecule has 0 aliphatic carbocycles. The number of oxime groups is 1. The number of aliphatic carboxylic acids is 1. The highest BCUT2D eigenvalue weighted by atomic mass is 16.6. The van der Waals surface area contributed by atoms with E-state index >= 15 is 0 Å². The molecule has 0 radical (unpaired) electrons. The second kappa shape index (κ2) is 7.44. The molecule has 7 nitrogen and oxygen atoms in total. The van der Waals surface area contributed by atoms with Crippen molar-refractivity contribution in [2.75, 3.05) is 6.61 Å². The van der Waals surface area contributed by atoms with E-state index in [1.165, 1.54) is 4.68 Å². The Morgan fingerprint density at radius 1 is 1.35 bits per heavy atom. The minimum atomic E-state index is -1.20. The topological polar surface area (TPSA) is 85.9 Å². The van der Waals surface area contributed by atoms with Gasteiger partial charge in [0.15, 0.2) is 5.75 Å². The quantitative estimate of drug-likeness (QED) is 0.624. The molecule has 7 heteroatoms. The van der Waals surface area contributed by atoms with Crippen molar-refractivity contribution in [3.05, 3.63) is 47.3 Å². The minimum Gasteiger partial charge on any atom is -0.485 e. The fourth-order valence-corrected chi connectivity index (χ4v) is 2.11. The predicted molar refractivity (Wildman–Crippen MR) is 84.5 cm³/mol. The standard InChI is InChI=1S/C16H19N3O4/c1-4-23-18-13(16(20)21)14-15(11(2)17-19(14)3)22-10-12-8-6-5-7-9-12/h5-9H,4,10H2,1-3H3,(H,20,21). The molecule has 0 saturated carbocycles. The van der Waals surface area contributed by atoms with Crippen molar-refractivity contribution in [1.29, 1.82) is 0 Å². The van der Waals surface area contributed by atoms with Crippen LogP contribution in [0.2, 0.25) is 0 Å². The van der Waals surface area contributed by atoms with Crippen molar-refractivity contribution < 1.29 is 19.5 Å². The molecule has 0 bridgehead atoms. The van der Waals surface area contributed by atoms with Crippen LogP contribution in [0.1, 0.15) is 23.9 Å². The van der Waals surface area contributed by atoms with Crippen molar-refractivity contribution >= 4 is 11.7 Å².